The van der Waals surface area contributed by atoms with Crippen molar-refractivity contribution >= 4 is 40.2 Å². The Kier molecular flexibility index (Phi) is 8.22. The highest BCUT2D eigenvalue weighted by Crippen LogP contribution is 2.35. The minimum Gasteiger partial charge on any atom is -0.457 e. The number of hydrogen-bond donors (Lipinski definition) is 3. The van der Waals surface area contributed by atoms with Gasteiger partial charge in [-0.15, -0.1) is 0 Å². The standard InChI is InChI=1S/C30H31FN8O4/c1-2-25(40)39-11-6-18(7-12-39)27-26-28(33-17-34-29(26)38-37-27)35-23-4-3-20(15-22(23)31)43-21-5-10-32-24(16-21)36-30(41)19-8-13-42-14-9-19/h2-5,10,15-19H,1,6-9,11-14H2,(H,32,36,41)(H2,33,34,35,37,38). The van der Waals surface area contributed by atoms with E-state index < -0.39 is 5.82 Å². The molecule has 0 aliphatic carbocycles. The lowest BCUT2D eigenvalue weighted by Crippen LogP contribution is -2.36. The average Bonchev–Trinajstić information content (AvgIpc) is 3.48. The molecule has 0 saturated carbocycles. The van der Waals surface area contributed by atoms with E-state index in [0.29, 0.717) is 67.6 Å². The van der Waals surface area contributed by atoms with Crippen LogP contribution >= 0.6 is 0 Å². The first-order chi connectivity index (χ1) is 21.0. The Labute approximate surface area is 246 Å². The Morgan fingerprint density at radius 3 is 2.63 bits per heavy atom. The molecule has 3 N–H and O–H groups in total. The first kappa shape index (κ1) is 28.2. The molecule has 1 aromatic carbocycles. The molecule has 2 fully saturated rings. The highest BCUT2D eigenvalue weighted by molar-refractivity contribution is 5.92. The Morgan fingerprint density at radius 1 is 1.07 bits per heavy atom. The second-order valence-electron chi connectivity index (χ2n) is 10.5. The number of aromatic nitrogens is 5. The van der Waals surface area contributed by atoms with Gasteiger partial charge in [0.25, 0.3) is 0 Å². The van der Waals surface area contributed by atoms with Gasteiger partial charge in [-0.3, -0.25) is 14.7 Å². The number of rotatable bonds is 8. The normalized spacial score (nSPS) is 16.2. The molecule has 2 amide bonds. The second-order valence-corrected chi connectivity index (χ2v) is 10.5. The molecule has 4 aromatic rings. The van der Waals surface area contributed by atoms with E-state index in [4.69, 9.17) is 9.47 Å². The van der Waals surface area contributed by atoms with Crippen LogP contribution < -0.4 is 15.4 Å². The maximum Gasteiger partial charge on any atom is 0.245 e. The molecule has 6 rings (SSSR count). The minimum atomic E-state index is -0.548. The molecule has 0 bridgehead atoms. The number of anilines is 3. The Hall–Kier alpha value is -4.91. The summed E-state index contributed by atoms with van der Waals surface area (Å²) in [6.45, 7) is 5.90. The Bertz CT molecular complexity index is 1650. The molecule has 2 aliphatic rings. The van der Waals surface area contributed by atoms with E-state index in [1.807, 2.05) is 0 Å². The number of aromatic amines is 1. The average molecular weight is 587 g/mol. The highest BCUT2D eigenvalue weighted by atomic mass is 19.1. The molecule has 5 heterocycles. The van der Waals surface area contributed by atoms with Gasteiger partial charge in [0.05, 0.1) is 16.8 Å². The zero-order valence-corrected chi connectivity index (χ0v) is 23.4. The lowest BCUT2D eigenvalue weighted by atomic mass is 9.92. The van der Waals surface area contributed by atoms with Crippen molar-refractivity contribution < 1.29 is 23.5 Å². The summed E-state index contributed by atoms with van der Waals surface area (Å²) in [5.41, 5.74) is 1.52. The van der Waals surface area contributed by atoms with Crippen molar-refractivity contribution in [3.8, 4) is 11.5 Å². The lowest BCUT2D eigenvalue weighted by molar-refractivity contribution is -0.127. The van der Waals surface area contributed by atoms with Crippen LogP contribution in [0.2, 0.25) is 0 Å². The number of halogens is 1. The van der Waals surface area contributed by atoms with Crippen molar-refractivity contribution in [2.75, 3.05) is 36.9 Å². The van der Waals surface area contributed by atoms with Crippen LogP contribution in [-0.2, 0) is 14.3 Å². The molecule has 3 aromatic heterocycles. The van der Waals surface area contributed by atoms with Crippen molar-refractivity contribution in [2.45, 2.75) is 31.6 Å². The minimum absolute atomic E-state index is 0.0803. The zero-order chi connectivity index (χ0) is 29.8. The fraction of sp³-hybridized carbons (Fsp3) is 0.333. The van der Waals surface area contributed by atoms with Gasteiger partial charge in [0.1, 0.15) is 35.3 Å². The number of carbonyl (C=O) groups is 2. The van der Waals surface area contributed by atoms with E-state index >= 15 is 4.39 Å². The van der Waals surface area contributed by atoms with E-state index in [-0.39, 0.29) is 35.1 Å². The van der Waals surface area contributed by atoms with Gasteiger partial charge >= 0.3 is 0 Å². The maximum atomic E-state index is 15.3. The quantitative estimate of drug-likeness (QED) is 0.250. The molecule has 43 heavy (non-hydrogen) atoms. The first-order valence-electron chi connectivity index (χ1n) is 14.2. The second kappa shape index (κ2) is 12.5. The number of piperidine rings is 1. The van der Waals surface area contributed by atoms with Gasteiger partial charge in [-0.25, -0.2) is 19.3 Å². The molecule has 0 radical (unpaired) electrons. The van der Waals surface area contributed by atoms with Gasteiger partial charge in [0.15, 0.2) is 5.65 Å². The number of likely N-dealkylation sites (tertiary alicyclic amines) is 1. The molecule has 0 spiro atoms. The van der Waals surface area contributed by atoms with Crippen molar-refractivity contribution in [3.05, 3.63) is 67.0 Å². The maximum absolute atomic E-state index is 15.3. The predicted octanol–water partition coefficient (Wildman–Crippen LogP) is 4.68. The molecular weight excluding hydrogens is 555 g/mol. The smallest absolute Gasteiger partial charge is 0.245 e. The van der Waals surface area contributed by atoms with E-state index in [0.717, 1.165) is 18.5 Å². The number of amides is 2. The van der Waals surface area contributed by atoms with E-state index in [1.54, 1.807) is 29.2 Å². The highest BCUT2D eigenvalue weighted by Gasteiger charge is 2.27. The summed E-state index contributed by atoms with van der Waals surface area (Å²) in [5, 5.41) is 14.0. The zero-order valence-electron chi connectivity index (χ0n) is 23.4. The predicted molar refractivity (Wildman–Crippen MR) is 157 cm³/mol. The molecule has 13 heteroatoms. The topological polar surface area (TPSA) is 147 Å². The summed E-state index contributed by atoms with van der Waals surface area (Å²) >= 11 is 0. The monoisotopic (exact) mass is 586 g/mol. The van der Waals surface area contributed by atoms with Crippen LogP contribution in [0.25, 0.3) is 11.0 Å². The SMILES string of the molecule is C=CC(=O)N1CCC(c2[nH]nc3ncnc(Nc4ccc(Oc5ccnc(NC(=O)C6CCOCC6)c5)cc4F)c23)CC1. The van der Waals surface area contributed by atoms with E-state index in [9.17, 15) is 9.59 Å². The van der Waals surface area contributed by atoms with Gasteiger partial charge in [0.2, 0.25) is 11.8 Å². The van der Waals surface area contributed by atoms with E-state index in [1.165, 1.54) is 24.7 Å². The number of nitrogens with one attached hydrogen (secondary N) is 3. The number of ether oxygens (including phenoxy) is 2. The number of nitrogens with zero attached hydrogens (tertiary/aromatic N) is 5. The number of H-pyrrole nitrogens is 1. The van der Waals surface area contributed by atoms with Gasteiger partial charge in [-0.05, 0) is 50.0 Å². The van der Waals surface area contributed by atoms with Crippen LogP contribution in [0.15, 0.2) is 55.5 Å². The van der Waals surface area contributed by atoms with Crippen molar-refractivity contribution in [1.82, 2.24) is 30.0 Å². The van der Waals surface area contributed by atoms with Crippen LogP contribution in [0.5, 0.6) is 11.5 Å². The molecule has 0 atom stereocenters. The Balaban J connectivity index is 1.15. The van der Waals surface area contributed by atoms with Gasteiger partial charge in [0, 0.05) is 56.5 Å². The summed E-state index contributed by atoms with van der Waals surface area (Å²) in [7, 11) is 0. The largest absolute Gasteiger partial charge is 0.457 e. The third-order valence-corrected chi connectivity index (χ3v) is 7.77. The molecule has 2 saturated heterocycles. The number of hydrogen-bond acceptors (Lipinski definition) is 9. The van der Waals surface area contributed by atoms with Crippen molar-refractivity contribution in [1.29, 1.82) is 0 Å². The third kappa shape index (κ3) is 6.31. The fourth-order valence-electron chi connectivity index (χ4n) is 5.44. The summed E-state index contributed by atoms with van der Waals surface area (Å²) in [6, 6.07) is 7.69. The summed E-state index contributed by atoms with van der Waals surface area (Å²) < 4.78 is 26.5. The van der Waals surface area contributed by atoms with Gasteiger partial charge in [-0.1, -0.05) is 6.58 Å². The first-order valence-corrected chi connectivity index (χ1v) is 14.2. The molecule has 12 nitrogen and oxygen atoms in total. The molecular formula is C30H31FN8O4. The summed E-state index contributed by atoms with van der Waals surface area (Å²) in [6.07, 6.45) is 7.03. The van der Waals surface area contributed by atoms with Gasteiger partial charge in [-0.2, -0.15) is 5.10 Å². The van der Waals surface area contributed by atoms with E-state index in [2.05, 4.69) is 42.4 Å². The summed E-state index contributed by atoms with van der Waals surface area (Å²) in [4.78, 5) is 39.2. The number of benzene rings is 1. The van der Waals surface area contributed by atoms with Crippen LogP contribution in [0.4, 0.5) is 21.7 Å². The lowest BCUT2D eigenvalue weighted by Gasteiger charge is -2.31. The van der Waals surface area contributed by atoms with Gasteiger partial charge < -0.3 is 25.0 Å². The third-order valence-electron chi connectivity index (χ3n) is 7.77. The number of pyridine rings is 1. The van der Waals surface area contributed by atoms with Crippen LogP contribution in [0.1, 0.15) is 37.3 Å². The molecule has 0 unspecified atom stereocenters. The number of carbonyl (C=O) groups excluding carboxylic acids is 2. The van der Waals surface area contributed by atoms with Crippen LogP contribution in [-0.4, -0.2) is 68.2 Å². The van der Waals surface area contributed by atoms with Crippen molar-refractivity contribution in [2.24, 2.45) is 5.92 Å². The van der Waals surface area contributed by atoms with Crippen molar-refractivity contribution in [3.63, 3.8) is 0 Å². The summed E-state index contributed by atoms with van der Waals surface area (Å²) in [5.74, 6) is 0.701. The number of fused-ring (bicyclic) bond motifs is 1. The fourth-order valence-corrected chi connectivity index (χ4v) is 5.44. The molecule has 2 aliphatic heterocycles. The Morgan fingerprint density at radius 2 is 1.86 bits per heavy atom. The van der Waals surface area contributed by atoms with Crippen LogP contribution in [0, 0.1) is 11.7 Å². The van der Waals surface area contributed by atoms with Crippen LogP contribution in [0.3, 0.4) is 0 Å². The molecule has 222 valence electrons.